The lowest BCUT2D eigenvalue weighted by Crippen LogP contribution is -2.48. The summed E-state index contributed by atoms with van der Waals surface area (Å²) in [6, 6.07) is 5.23. The molecule has 1 aliphatic heterocycles. The molecule has 0 aliphatic carbocycles. The molecule has 0 spiro atoms. The number of hydrogen-bond donors (Lipinski definition) is 1. The topological polar surface area (TPSA) is 70.5 Å². The maximum absolute atomic E-state index is 12.6. The molecule has 3 rings (SSSR count). The predicted molar refractivity (Wildman–Crippen MR) is 93.5 cm³/mol. The van der Waals surface area contributed by atoms with E-state index in [4.69, 9.17) is 0 Å². The minimum absolute atomic E-state index is 0.0852. The number of thiophene rings is 1. The van der Waals surface area contributed by atoms with E-state index < -0.39 is 0 Å². The highest BCUT2D eigenvalue weighted by Crippen LogP contribution is 2.16. The number of carbonyl (C=O) groups excluding carboxylic acids is 2. The lowest BCUT2D eigenvalue weighted by Gasteiger charge is -2.33. The molecular weight excluding hydrogens is 326 g/mol. The van der Waals surface area contributed by atoms with Crippen molar-refractivity contribution in [2.24, 2.45) is 7.05 Å². The van der Waals surface area contributed by atoms with Gasteiger partial charge in [-0.15, -0.1) is 11.3 Å². The number of anilines is 1. The minimum Gasteiger partial charge on any atom is -0.335 e. The van der Waals surface area contributed by atoms with Crippen molar-refractivity contribution in [2.45, 2.75) is 6.92 Å². The molecule has 2 aromatic rings. The second-order valence-electron chi connectivity index (χ2n) is 5.70. The Labute approximate surface area is 144 Å². The van der Waals surface area contributed by atoms with Crippen LogP contribution in [0.1, 0.15) is 27.1 Å². The Kier molecular flexibility index (Phi) is 4.96. The molecule has 7 nitrogen and oxygen atoms in total. The number of nitrogens with one attached hydrogen (secondary N) is 1. The summed E-state index contributed by atoms with van der Waals surface area (Å²) >= 11 is 1.37. The number of nitrogens with zero attached hydrogens (tertiary/aromatic N) is 4. The van der Waals surface area contributed by atoms with E-state index in [1.165, 1.54) is 16.0 Å². The summed E-state index contributed by atoms with van der Waals surface area (Å²) in [7, 11) is 1.72. The van der Waals surface area contributed by atoms with Gasteiger partial charge in [0, 0.05) is 39.3 Å². The van der Waals surface area contributed by atoms with Crippen molar-refractivity contribution in [3.63, 3.8) is 0 Å². The van der Waals surface area contributed by atoms with Crippen molar-refractivity contribution in [3.8, 4) is 0 Å². The largest absolute Gasteiger partial charge is 0.335 e. The summed E-state index contributed by atoms with van der Waals surface area (Å²) < 4.78 is 1.53. The Hall–Kier alpha value is -2.19. The molecular formula is C16H21N5O2S. The van der Waals surface area contributed by atoms with E-state index in [0.717, 1.165) is 19.6 Å². The number of aromatic nitrogens is 2. The second-order valence-corrected chi connectivity index (χ2v) is 6.64. The zero-order valence-electron chi connectivity index (χ0n) is 13.9. The van der Waals surface area contributed by atoms with Gasteiger partial charge in [0.15, 0.2) is 5.69 Å². The third-order valence-corrected chi connectivity index (χ3v) is 5.06. The van der Waals surface area contributed by atoms with Gasteiger partial charge in [0.25, 0.3) is 11.8 Å². The molecule has 24 heavy (non-hydrogen) atoms. The number of hydrogen-bond acceptors (Lipinski definition) is 5. The van der Waals surface area contributed by atoms with Crippen LogP contribution in [0.15, 0.2) is 23.6 Å². The SMILES string of the molecule is CCN1CCN(C(=O)c2cc(NC(=O)c3cccs3)n(C)n2)CC1. The van der Waals surface area contributed by atoms with Crippen molar-refractivity contribution >= 4 is 29.0 Å². The number of carbonyl (C=O) groups is 2. The van der Waals surface area contributed by atoms with Crippen LogP contribution in [0.3, 0.4) is 0 Å². The van der Waals surface area contributed by atoms with Gasteiger partial charge in [-0.25, -0.2) is 0 Å². The van der Waals surface area contributed by atoms with Crippen LogP contribution in [-0.4, -0.2) is 64.1 Å². The molecule has 0 unspecified atom stereocenters. The molecule has 128 valence electrons. The maximum Gasteiger partial charge on any atom is 0.274 e. The van der Waals surface area contributed by atoms with Gasteiger partial charge in [0.05, 0.1) is 4.88 Å². The molecule has 1 N–H and O–H groups in total. The van der Waals surface area contributed by atoms with Crippen LogP contribution in [0.25, 0.3) is 0 Å². The number of amides is 2. The fourth-order valence-electron chi connectivity index (χ4n) is 2.70. The van der Waals surface area contributed by atoms with Crippen molar-refractivity contribution in [1.82, 2.24) is 19.6 Å². The fourth-order valence-corrected chi connectivity index (χ4v) is 3.32. The molecule has 2 amide bonds. The van der Waals surface area contributed by atoms with E-state index in [9.17, 15) is 9.59 Å². The van der Waals surface area contributed by atoms with E-state index in [1.54, 1.807) is 19.2 Å². The van der Waals surface area contributed by atoms with Crippen LogP contribution < -0.4 is 5.32 Å². The molecule has 1 fully saturated rings. The first-order chi connectivity index (χ1) is 11.6. The van der Waals surface area contributed by atoms with E-state index in [-0.39, 0.29) is 11.8 Å². The third-order valence-electron chi connectivity index (χ3n) is 4.19. The zero-order chi connectivity index (χ0) is 17.1. The minimum atomic E-state index is -0.191. The van der Waals surface area contributed by atoms with Crippen molar-refractivity contribution in [3.05, 3.63) is 34.2 Å². The van der Waals surface area contributed by atoms with Crippen LogP contribution in [0.5, 0.6) is 0 Å². The monoisotopic (exact) mass is 347 g/mol. The van der Waals surface area contributed by atoms with E-state index in [1.807, 2.05) is 16.3 Å². The highest BCUT2D eigenvalue weighted by atomic mass is 32.1. The Morgan fingerprint density at radius 1 is 1.29 bits per heavy atom. The first-order valence-corrected chi connectivity index (χ1v) is 8.87. The normalized spacial score (nSPS) is 15.5. The molecule has 1 saturated heterocycles. The quantitative estimate of drug-likeness (QED) is 0.910. The molecule has 0 bridgehead atoms. The first kappa shape index (κ1) is 16.7. The predicted octanol–water partition coefficient (Wildman–Crippen LogP) is 1.51. The first-order valence-electron chi connectivity index (χ1n) is 7.99. The summed E-state index contributed by atoms with van der Waals surface area (Å²) in [4.78, 5) is 29.5. The second kappa shape index (κ2) is 7.14. The third kappa shape index (κ3) is 3.49. The number of rotatable bonds is 4. The van der Waals surface area contributed by atoms with Crippen molar-refractivity contribution < 1.29 is 9.59 Å². The standard InChI is InChI=1S/C16H21N5O2S/c1-3-20-6-8-21(9-7-20)16(23)12-11-14(19(2)18-12)17-15(22)13-5-4-10-24-13/h4-5,10-11H,3,6-9H2,1-2H3,(H,17,22). The summed E-state index contributed by atoms with van der Waals surface area (Å²) in [6.45, 7) is 6.32. The average molecular weight is 347 g/mol. The van der Waals surface area contributed by atoms with Gasteiger partial charge in [0.1, 0.15) is 5.82 Å². The lowest BCUT2D eigenvalue weighted by molar-refractivity contribution is 0.0636. The van der Waals surface area contributed by atoms with Crippen molar-refractivity contribution in [2.75, 3.05) is 38.0 Å². The van der Waals surface area contributed by atoms with E-state index in [2.05, 4.69) is 22.2 Å². The molecule has 0 aromatic carbocycles. The van der Waals surface area contributed by atoms with Gasteiger partial charge in [-0.3, -0.25) is 14.3 Å². The zero-order valence-corrected chi connectivity index (χ0v) is 14.7. The summed E-state index contributed by atoms with van der Waals surface area (Å²) in [5.41, 5.74) is 0.365. The molecule has 3 heterocycles. The van der Waals surface area contributed by atoms with Crippen LogP contribution in [-0.2, 0) is 7.05 Å². The lowest BCUT2D eigenvalue weighted by atomic mass is 10.2. The highest BCUT2D eigenvalue weighted by Gasteiger charge is 2.24. The Bertz CT molecular complexity index is 717. The van der Waals surface area contributed by atoms with Gasteiger partial charge in [-0.2, -0.15) is 5.10 Å². The molecule has 0 atom stereocenters. The van der Waals surface area contributed by atoms with E-state index >= 15 is 0 Å². The Morgan fingerprint density at radius 3 is 2.67 bits per heavy atom. The van der Waals surface area contributed by atoms with Crippen LogP contribution >= 0.6 is 11.3 Å². The molecule has 1 aliphatic rings. The molecule has 0 saturated carbocycles. The molecule has 0 radical (unpaired) electrons. The van der Waals surface area contributed by atoms with E-state index in [0.29, 0.717) is 29.5 Å². The summed E-state index contributed by atoms with van der Waals surface area (Å²) in [5, 5.41) is 8.91. The molecule has 2 aromatic heterocycles. The van der Waals surface area contributed by atoms with Gasteiger partial charge in [-0.1, -0.05) is 13.0 Å². The van der Waals surface area contributed by atoms with Gasteiger partial charge in [0.2, 0.25) is 0 Å². The van der Waals surface area contributed by atoms with Gasteiger partial charge in [-0.05, 0) is 18.0 Å². The number of aryl methyl sites for hydroxylation is 1. The summed E-state index contributed by atoms with van der Waals surface area (Å²) in [5.74, 6) is 0.241. The Morgan fingerprint density at radius 2 is 2.04 bits per heavy atom. The maximum atomic E-state index is 12.6. The van der Waals surface area contributed by atoms with Gasteiger partial charge < -0.3 is 15.1 Å². The number of likely N-dealkylation sites (N-methyl/N-ethyl adjacent to an activating group) is 1. The van der Waals surface area contributed by atoms with Crippen LogP contribution in [0.2, 0.25) is 0 Å². The summed E-state index contributed by atoms with van der Waals surface area (Å²) in [6.07, 6.45) is 0. The van der Waals surface area contributed by atoms with Gasteiger partial charge >= 0.3 is 0 Å². The number of piperazine rings is 1. The Balaban J connectivity index is 1.67. The smallest absolute Gasteiger partial charge is 0.274 e. The van der Waals surface area contributed by atoms with Crippen molar-refractivity contribution in [1.29, 1.82) is 0 Å². The van der Waals surface area contributed by atoms with Crippen LogP contribution in [0, 0.1) is 0 Å². The molecule has 8 heteroatoms. The van der Waals surface area contributed by atoms with Crippen LogP contribution in [0.4, 0.5) is 5.82 Å². The highest BCUT2D eigenvalue weighted by molar-refractivity contribution is 7.12. The average Bonchev–Trinajstić information content (AvgIpc) is 3.25. The fraction of sp³-hybridized carbons (Fsp3) is 0.438.